The van der Waals surface area contributed by atoms with Crippen LogP contribution in [0.4, 0.5) is 10.2 Å². The molecular weight excluding hydrogens is 494 g/mol. The maximum Gasteiger partial charge on any atom is 0.490 e. The number of aromatic nitrogens is 2. The highest BCUT2D eigenvalue weighted by Gasteiger charge is 2.55. The van der Waals surface area contributed by atoms with Crippen molar-refractivity contribution in [1.29, 1.82) is 0 Å². The van der Waals surface area contributed by atoms with Gasteiger partial charge in [-0.2, -0.15) is 13.6 Å². The van der Waals surface area contributed by atoms with Gasteiger partial charge in [0, 0.05) is 12.1 Å². The number of hydrogen-bond acceptors (Lipinski definition) is 11. The lowest BCUT2D eigenvalue weighted by molar-refractivity contribution is -0.135. The third-order valence-corrected chi connectivity index (χ3v) is 7.86. The van der Waals surface area contributed by atoms with Crippen molar-refractivity contribution in [2.24, 2.45) is 5.92 Å². The Morgan fingerprint density at radius 2 is 1.87 bits per heavy atom. The lowest BCUT2D eigenvalue weighted by atomic mass is 9.92. The van der Waals surface area contributed by atoms with E-state index < -0.39 is 66.3 Å². The highest BCUT2D eigenvalue weighted by Crippen LogP contribution is 2.66. The van der Waals surface area contributed by atoms with Gasteiger partial charge in [-0.1, -0.05) is 6.92 Å². The minimum absolute atomic E-state index is 0.114. The highest BCUT2D eigenvalue weighted by molar-refractivity contribution is 7.66. The van der Waals surface area contributed by atoms with Crippen LogP contribution in [0.2, 0.25) is 0 Å². The summed E-state index contributed by atoms with van der Waals surface area (Å²) in [5.74, 6) is -1.10. The van der Waals surface area contributed by atoms with Crippen molar-refractivity contribution in [2.75, 3.05) is 19.0 Å². The molecule has 1 saturated heterocycles. The van der Waals surface area contributed by atoms with Crippen molar-refractivity contribution in [3.8, 4) is 0 Å². The molecule has 1 aliphatic rings. The number of ether oxygens (including phenoxy) is 1. The van der Waals surface area contributed by atoms with E-state index in [0.29, 0.717) is 0 Å². The number of aliphatic hydroxyl groups excluding tert-OH is 1. The van der Waals surface area contributed by atoms with E-state index in [4.69, 9.17) is 25.2 Å². The van der Waals surface area contributed by atoms with Gasteiger partial charge in [0.05, 0.1) is 12.7 Å². The fourth-order valence-corrected chi connectivity index (χ4v) is 5.82. The summed E-state index contributed by atoms with van der Waals surface area (Å²) in [6.07, 6.45) is -1.87. The maximum absolute atomic E-state index is 13.8. The fraction of sp³-hybridized carbons (Fsp3) is 0.636. The molecule has 0 aliphatic carbocycles. The summed E-state index contributed by atoms with van der Waals surface area (Å²) in [5.41, 5.74) is 2.15. The molecule has 3 unspecified atom stereocenters. The molecule has 1 aromatic rings. The number of hydrogen-bond donors (Lipinski definition) is 6. The van der Waals surface area contributed by atoms with Gasteiger partial charge in [-0.15, -0.1) is 0 Å². The molecule has 0 radical (unpaired) electrons. The number of nitrogen functional groups attached to an aromatic ring is 1. The smallest absolute Gasteiger partial charge is 0.389 e. The van der Waals surface area contributed by atoms with Crippen LogP contribution in [0.15, 0.2) is 17.1 Å². The van der Waals surface area contributed by atoms with Crippen LogP contribution in [0.25, 0.3) is 0 Å². The minimum Gasteiger partial charge on any atom is -0.389 e. The van der Waals surface area contributed by atoms with Crippen molar-refractivity contribution < 1.29 is 60.6 Å². The van der Waals surface area contributed by atoms with E-state index in [9.17, 15) is 32.9 Å². The molecule has 2 rings (SSSR count). The predicted octanol–water partition coefficient (Wildman–Crippen LogP) is -0.597. The Labute approximate surface area is 172 Å². The molecule has 7 N–H and O–H groups in total. The number of rotatable bonds is 9. The van der Waals surface area contributed by atoms with Crippen LogP contribution in [0.1, 0.15) is 13.2 Å². The van der Waals surface area contributed by atoms with E-state index in [0.717, 1.165) is 10.8 Å². The van der Waals surface area contributed by atoms with Crippen molar-refractivity contribution in [2.45, 2.75) is 24.9 Å². The summed E-state index contributed by atoms with van der Waals surface area (Å²) in [7, 11) is -17.0. The Morgan fingerprint density at radius 3 is 2.39 bits per heavy atom. The van der Waals surface area contributed by atoms with Gasteiger partial charge in [0.2, 0.25) is 0 Å². The molecule has 2 heterocycles. The first-order valence-corrected chi connectivity index (χ1v) is 12.6. The number of halogens is 1. The number of phosphoric acid groups is 3. The molecule has 31 heavy (non-hydrogen) atoms. The zero-order chi connectivity index (χ0) is 23.8. The van der Waals surface area contributed by atoms with Gasteiger partial charge in [0.25, 0.3) is 0 Å². The van der Waals surface area contributed by atoms with E-state index in [-0.39, 0.29) is 5.82 Å². The molecule has 16 nitrogen and oxygen atoms in total. The molecule has 178 valence electrons. The second kappa shape index (κ2) is 9.06. The van der Waals surface area contributed by atoms with E-state index in [1.807, 2.05) is 0 Å². The Kier molecular flexibility index (Phi) is 7.65. The Balaban J connectivity index is 2.20. The number of alkyl halides is 1. The molecule has 0 saturated carbocycles. The molecule has 0 aromatic carbocycles. The Hall–Kier alpha value is -1.06. The molecule has 1 aliphatic heterocycles. The van der Waals surface area contributed by atoms with Crippen molar-refractivity contribution in [3.63, 3.8) is 0 Å². The van der Waals surface area contributed by atoms with Crippen molar-refractivity contribution in [3.05, 3.63) is 22.7 Å². The summed E-state index contributed by atoms with van der Waals surface area (Å²) < 4.78 is 65.4. The Bertz CT molecular complexity index is 1020. The van der Waals surface area contributed by atoms with Crippen molar-refractivity contribution in [1.82, 2.24) is 9.55 Å². The topological polar surface area (TPSA) is 250 Å². The largest absolute Gasteiger partial charge is 0.490 e. The molecule has 6 atom stereocenters. The van der Waals surface area contributed by atoms with Crippen LogP contribution < -0.4 is 11.4 Å². The first-order valence-electron chi connectivity index (χ1n) is 8.06. The van der Waals surface area contributed by atoms with Gasteiger partial charge in [-0.3, -0.25) is 9.09 Å². The molecule has 0 bridgehead atoms. The van der Waals surface area contributed by atoms with Crippen LogP contribution in [0, 0.1) is 5.92 Å². The highest BCUT2D eigenvalue weighted by atomic mass is 31.3. The Morgan fingerprint density at radius 1 is 1.26 bits per heavy atom. The molecule has 20 heteroatoms. The van der Waals surface area contributed by atoms with E-state index in [2.05, 4.69) is 18.1 Å². The second-order valence-electron chi connectivity index (χ2n) is 6.42. The summed E-state index contributed by atoms with van der Waals surface area (Å²) in [4.78, 5) is 51.1. The zero-order valence-electron chi connectivity index (χ0n) is 15.5. The van der Waals surface area contributed by atoms with E-state index in [1.165, 1.54) is 13.0 Å². The molecular formula is C11H19FN3O13P3. The second-order valence-corrected chi connectivity index (χ2v) is 10.8. The quantitative estimate of drug-likeness (QED) is 0.226. The monoisotopic (exact) mass is 513 g/mol. The minimum atomic E-state index is -5.79. The normalized spacial score (nSPS) is 30.6. The van der Waals surface area contributed by atoms with Gasteiger partial charge in [0.1, 0.15) is 24.3 Å². The average Bonchev–Trinajstić information content (AvgIpc) is 2.82. The van der Waals surface area contributed by atoms with Crippen LogP contribution in [0.5, 0.6) is 0 Å². The van der Waals surface area contributed by atoms with Crippen LogP contribution >= 0.6 is 23.5 Å². The summed E-state index contributed by atoms with van der Waals surface area (Å²) in [5, 5.41) is 10.4. The lowest BCUT2D eigenvalue weighted by Gasteiger charge is -2.29. The SMILES string of the molecule is C[C@@H]1C(n2ccc(N)nc2=O)O[C@](CF)(COP(=O)(O)OP(=O)(O)OP(=O)(O)O)[C@H]1O. The van der Waals surface area contributed by atoms with Crippen LogP contribution in [0.3, 0.4) is 0 Å². The third kappa shape index (κ3) is 6.48. The average molecular weight is 513 g/mol. The number of aliphatic hydroxyl groups is 1. The standard InChI is InChI=1S/C11H19FN3O13P3/c1-6-8(16)11(4-12,26-9(6)15-3-2-7(13)14-10(15)17)5-25-30(21,22)28-31(23,24)27-29(18,19)20/h2-3,6,8-9,16H,4-5H2,1H3,(H,21,22)(H,23,24)(H2,13,14,17)(H2,18,19,20)/t6-,8-,9?,11+/m0/s1. The third-order valence-electron chi connectivity index (χ3n) is 4.08. The van der Waals surface area contributed by atoms with Gasteiger partial charge < -0.3 is 35.2 Å². The molecule has 0 spiro atoms. The first kappa shape index (κ1) is 26.2. The molecule has 1 fully saturated rings. The fourth-order valence-electron chi connectivity index (χ4n) is 2.74. The summed E-state index contributed by atoms with van der Waals surface area (Å²) in [6, 6.07) is 1.23. The number of anilines is 1. The number of nitrogens with two attached hydrogens (primary N) is 1. The van der Waals surface area contributed by atoms with E-state index >= 15 is 0 Å². The first-order chi connectivity index (χ1) is 14.0. The number of phosphoric ester groups is 1. The van der Waals surface area contributed by atoms with Crippen LogP contribution in [-0.4, -0.2) is 59.2 Å². The number of nitrogens with zero attached hydrogens (tertiary/aromatic N) is 2. The zero-order valence-corrected chi connectivity index (χ0v) is 18.2. The van der Waals surface area contributed by atoms with Crippen molar-refractivity contribution >= 4 is 29.3 Å². The molecule has 1 aromatic heterocycles. The summed E-state index contributed by atoms with van der Waals surface area (Å²) in [6.45, 7) is -1.39. The molecule has 0 amide bonds. The van der Waals surface area contributed by atoms with Gasteiger partial charge >= 0.3 is 29.2 Å². The summed E-state index contributed by atoms with van der Waals surface area (Å²) >= 11 is 0. The van der Waals surface area contributed by atoms with Gasteiger partial charge in [0.15, 0.2) is 0 Å². The van der Waals surface area contributed by atoms with Gasteiger partial charge in [-0.05, 0) is 6.07 Å². The maximum atomic E-state index is 13.8. The predicted molar refractivity (Wildman–Crippen MR) is 96.7 cm³/mol. The lowest BCUT2D eigenvalue weighted by Crippen LogP contribution is -2.47. The van der Waals surface area contributed by atoms with Gasteiger partial charge in [-0.25, -0.2) is 22.9 Å². The van der Waals surface area contributed by atoms with E-state index in [1.54, 1.807) is 0 Å². The van der Waals surface area contributed by atoms with Crippen LogP contribution in [-0.2, 0) is 31.6 Å².